The lowest BCUT2D eigenvalue weighted by Crippen LogP contribution is -2.37. The first-order valence-electron chi connectivity index (χ1n) is 7.93. The van der Waals surface area contributed by atoms with E-state index >= 15 is 0 Å². The van der Waals surface area contributed by atoms with Crippen molar-refractivity contribution in [3.63, 3.8) is 0 Å². The third kappa shape index (κ3) is 4.26. The van der Waals surface area contributed by atoms with Crippen LogP contribution in [-0.4, -0.2) is 18.7 Å². The van der Waals surface area contributed by atoms with Crippen LogP contribution in [-0.2, 0) is 17.5 Å². The zero-order valence-corrected chi connectivity index (χ0v) is 13.9. The molecule has 1 amide bonds. The van der Waals surface area contributed by atoms with E-state index in [-0.39, 0.29) is 12.7 Å². The van der Waals surface area contributed by atoms with Gasteiger partial charge in [-0.25, -0.2) is 0 Å². The van der Waals surface area contributed by atoms with E-state index in [1.165, 1.54) is 12.1 Å². The number of anilines is 1. The minimum Gasteiger partial charge on any atom is -0.454 e. The summed E-state index contributed by atoms with van der Waals surface area (Å²) in [4.78, 5) is 12.2. The normalized spacial score (nSPS) is 14.2. The van der Waals surface area contributed by atoms with Crippen LogP contribution in [0.3, 0.4) is 0 Å². The summed E-state index contributed by atoms with van der Waals surface area (Å²) < 4.78 is 48.2. The summed E-state index contributed by atoms with van der Waals surface area (Å²) in [5, 5.41) is 5.64. The highest BCUT2D eigenvalue weighted by Crippen LogP contribution is 2.32. The molecule has 2 aromatic rings. The third-order valence-corrected chi connectivity index (χ3v) is 3.92. The van der Waals surface area contributed by atoms with Gasteiger partial charge in [-0.05, 0) is 48.9 Å². The zero-order chi connectivity index (χ0) is 18.7. The van der Waals surface area contributed by atoms with Gasteiger partial charge in [0.25, 0.3) is 0 Å². The molecule has 0 unspecified atom stereocenters. The Morgan fingerprint density at radius 1 is 1.12 bits per heavy atom. The van der Waals surface area contributed by atoms with Gasteiger partial charge >= 0.3 is 6.18 Å². The molecule has 1 aliphatic heterocycles. The maximum Gasteiger partial charge on any atom is 0.416 e. The summed E-state index contributed by atoms with van der Waals surface area (Å²) in [6.07, 6.45) is -4.40. The Morgan fingerprint density at radius 2 is 1.81 bits per heavy atom. The Balaban J connectivity index is 1.53. The van der Waals surface area contributed by atoms with E-state index in [9.17, 15) is 18.0 Å². The fourth-order valence-electron chi connectivity index (χ4n) is 2.41. The molecule has 3 rings (SSSR count). The standard InChI is InChI=1S/C18H17F3N2O3/c1-11(22-9-12-2-7-15-16(8-12)26-10-25-15)17(24)23-14-5-3-13(4-6-14)18(19,20)21/h2-8,11,22H,9-10H2,1H3,(H,23,24)/t11-/m0/s1. The fraction of sp³-hybridized carbons (Fsp3) is 0.278. The number of carbonyl (C=O) groups is 1. The van der Waals surface area contributed by atoms with Crippen LogP contribution in [0.4, 0.5) is 18.9 Å². The van der Waals surface area contributed by atoms with Gasteiger partial charge in [0.05, 0.1) is 11.6 Å². The molecule has 1 heterocycles. The molecular formula is C18H17F3N2O3. The summed E-state index contributed by atoms with van der Waals surface area (Å²) >= 11 is 0. The molecule has 0 bridgehead atoms. The first-order valence-corrected chi connectivity index (χ1v) is 7.93. The smallest absolute Gasteiger partial charge is 0.416 e. The molecule has 5 nitrogen and oxygen atoms in total. The fourth-order valence-corrected chi connectivity index (χ4v) is 2.41. The zero-order valence-electron chi connectivity index (χ0n) is 13.9. The van der Waals surface area contributed by atoms with Gasteiger partial charge in [0.1, 0.15) is 0 Å². The van der Waals surface area contributed by atoms with E-state index in [1.807, 2.05) is 12.1 Å². The van der Waals surface area contributed by atoms with Crippen LogP contribution < -0.4 is 20.1 Å². The predicted octanol–water partition coefficient (Wildman–Crippen LogP) is 3.55. The van der Waals surface area contributed by atoms with Crippen molar-refractivity contribution in [3.05, 3.63) is 53.6 Å². The Labute approximate surface area is 148 Å². The van der Waals surface area contributed by atoms with Crippen LogP contribution in [0, 0.1) is 0 Å². The Kier molecular flexibility index (Phi) is 5.03. The number of fused-ring (bicyclic) bond motifs is 1. The topological polar surface area (TPSA) is 59.6 Å². The van der Waals surface area contributed by atoms with Crippen LogP contribution in [0.5, 0.6) is 11.5 Å². The highest BCUT2D eigenvalue weighted by atomic mass is 19.4. The number of benzene rings is 2. The average molecular weight is 366 g/mol. The van der Waals surface area contributed by atoms with Gasteiger partial charge in [-0.3, -0.25) is 4.79 Å². The average Bonchev–Trinajstić information content (AvgIpc) is 3.07. The summed E-state index contributed by atoms with van der Waals surface area (Å²) in [6.45, 7) is 2.29. The van der Waals surface area contributed by atoms with E-state index in [1.54, 1.807) is 13.0 Å². The van der Waals surface area contributed by atoms with E-state index in [4.69, 9.17) is 9.47 Å². The predicted molar refractivity (Wildman–Crippen MR) is 88.9 cm³/mol. The molecule has 0 aliphatic carbocycles. The van der Waals surface area contributed by atoms with Crippen LogP contribution in [0.15, 0.2) is 42.5 Å². The molecule has 138 valence electrons. The lowest BCUT2D eigenvalue weighted by molar-refractivity contribution is -0.137. The largest absolute Gasteiger partial charge is 0.454 e. The maximum absolute atomic E-state index is 12.5. The van der Waals surface area contributed by atoms with Gasteiger partial charge < -0.3 is 20.1 Å². The molecule has 26 heavy (non-hydrogen) atoms. The third-order valence-electron chi connectivity index (χ3n) is 3.92. The number of ether oxygens (including phenoxy) is 2. The van der Waals surface area contributed by atoms with Gasteiger partial charge in [-0.15, -0.1) is 0 Å². The van der Waals surface area contributed by atoms with Gasteiger partial charge in [-0.1, -0.05) is 6.07 Å². The molecule has 0 saturated heterocycles. The summed E-state index contributed by atoms with van der Waals surface area (Å²) in [5.41, 5.74) is 0.465. The lowest BCUT2D eigenvalue weighted by atomic mass is 10.1. The van der Waals surface area contributed by atoms with Crippen molar-refractivity contribution in [2.24, 2.45) is 0 Å². The molecular weight excluding hydrogens is 349 g/mol. The molecule has 0 aromatic heterocycles. The van der Waals surface area contributed by atoms with Gasteiger partial charge in [-0.2, -0.15) is 13.2 Å². The van der Waals surface area contributed by atoms with Crippen molar-refractivity contribution in [2.45, 2.75) is 25.7 Å². The number of amides is 1. The number of hydrogen-bond acceptors (Lipinski definition) is 4. The minimum atomic E-state index is -4.40. The number of alkyl halides is 3. The van der Waals surface area contributed by atoms with E-state index in [0.717, 1.165) is 17.7 Å². The molecule has 1 atom stereocenters. The molecule has 2 N–H and O–H groups in total. The van der Waals surface area contributed by atoms with E-state index in [2.05, 4.69) is 10.6 Å². The van der Waals surface area contributed by atoms with Gasteiger partial charge in [0.2, 0.25) is 12.7 Å². The lowest BCUT2D eigenvalue weighted by Gasteiger charge is -2.15. The second-order valence-electron chi connectivity index (χ2n) is 5.85. The number of halogens is 3. The monoisotopic (exact) mass is 366 g/mol. The highest BCUT2D eigenvalue weighted by molar-refractivity contribution is 5.94. The van der Waals surface area contributed by atoms with Gasteiger partial charge in [0.15, 0.2) is 11.5 Å². The number of hydrogen-bond donors (Lipinski definition) is 2. The van der Waals surface area contributed by atoms with Crippen molar-refractivity contribution in [1.29, 1.82) is 0 Å². The number of nitrogens with one attached hydrogen (secondary N) is 2. The Bertz CT molecular complexity index is 791. The first-order chi connectivity index (χ1) is 12.3. The summed E-state index contributed by atoms with van der Waals surface area (Å²) in [6, 6.07) is 9.27. The van der Waals surface area contributed by atoms with Crippen molar-refractivity contribution in [3.8, 4) is 11.5 Å². The summed E-state index contributed by atoms with van der Waals surface area (Å²) in [5.74, 6) is 0.999. The number of carbonyl (C=O) groups excluding carboxylic acids is 1. The maximum atomic E-state index is 12.5. The molecule has 1 aliphatic rings. The van der Waals surface area contributed by atoms with Crippen molar-refractivity contribution < 1.29 is 27.4 Å². The van der Waals surface area contributed by atoms with Crippen molar-refractivity contribution in [1.82, 2.24) is 5.32 Å². The molecule has 8 heteroatoms. The van der Waals surface area contributed by atoms with E-state index in [0.29, 0.717) is 23.7 Å². The molecule has 0 radical (unpaired) electrons. The number of rotatable bonds is 5. The van der Waals surface area contributed by atoms with E-state index < -0.39 is 17.8 Å². The Morgan fingerprint density at radius 3 is 2.50 bits per heavy atom. The molecule has 2 aromatic carbocycles. The minimum absolute atomic E-state index is 0.193. The molecule has 0 saturated carbocycles. The van der Waals surface area contributed by atoms with Crippen LogP contribution in [0.25, 0.3) is 0 Å². The van der Waals surface area contributed by atoms with Gasteiger partial charge in [0, 0.05) is 12.2 Å². The van der Waals surface area contributed by atoms with Crippen molar-refractivity contribution >= 4 is 11.6 Å². The van der Waals surface area contributed by atoms with Crippen LogP contribution in [0.2, 0.25) is 0 Å². The molecule has 0 spiro atoms. The first kappa shape index (κ1) is 18.1. The Hall–Kier alpha value is -2.74. The second-order valence-corrected chi connectivity index (χ2v) is 5.85. The quantitative estimate of drug-likeness (QED) is 0.850. The van der Waals surface area contributed by atoms with Crippen LogP contribution in [0.1, 0.15) is 18.1 Å². The summed E-state index contributed by atoms with van der Waals surface area (Å²) in [7, 11) is 0. The SMILES string of the molecule is C[C@H](NCc1ccc2c(c1)OCO2)C(=O)Nc1ccc(C(F)(F)F)cc1. The van der Waals surface area contributed by atoms with Crippen LogP contribution >= 0.6 is 0 Å². The second kappa shape index (κ2) is 7.25. The van der Waals surface area contributed by atoms with Crippen molar-refractivity contribution in [2.75, 3.05) is 12.1 Å². The highest BCUT2D eigenvalue weighted by Gasteiger charge is 2.30. The molecule has 0 fully saturated rings.